The molecule has 0 aliphatic heterocycles. The third-order valence-corrected chi connectivity index (χ3v) is 5.08. The Morgan fingerprint density at radius 1 is 1.07 bits per heavy atom. The van der Waals surface area contributed by atoms with Crippen LogP contribution in [0.25, 0.3) is 11.0 Å². The van der Waals surface area contributed by atoms with Crippen LogP contribution in [0.15, 0.2) is 65.8 Å². The number of aromatic nitrogens is 2. The van der Waals surface area contributed by atoms with Gasteiger partial charge in [0.15, 0.2) is 16.7 Å². The molecule has 0 atom stereocenters. The van der Waals surface area contributed by atoms with Crippen molar-refractivity contribution < 1.29 is 23.4 Å². The summed E-state index contributed by atoms with van der Waals surface area (Å²) in [6, 6.07) is 14.7. The van der Waals surface area contributed by atoms with Crippen molar-refractivity contribution in [2.75, 3.05) is 0 Å². The Balaban J connectivity index is 1.50. The molecule has 5 nitrogen and oxygen atoms in total. The van der Waals surface area contributed by atoms with E-state index in [0.29, 0.717) is 27.7 Å². The molecule has 0 saturated heterocycles. The van der Waals surface area contributed by atoms with Gasteiger partial charge < -0.3 is 14.8 Å². The normalized spacial score (nSPS) is 11.0. The van der Waals surface area contributed by atoms with Crippen molar-refractivity contribution in [3.8, 4) is 11.5 Å². The maximum absolute atomic E-state index is 14.3. The minimum absolute atomic E-state index is 0.00332. The SMILES string of the molecule is O=C(O)c1ccc(CSc2nc3cc(Oc4ccc(F)cc4)c(F)cc3[nH]2)cc1. The number of carbonyl (C=O) groups is 1. The highest BCUT2D eigenvalue weighted by molar-refractivity contribution is 7.98. The number of carboxylic acid groups (broad SMARTS) is 1. The van der Waals surface area contributed by atoms with E-state index < -0.39 is 17.6 Å². The first-order chi connectivity index (χ1) is 14.0. The molecule has 0 radical (unpaired) electrons. The van der Waals surface area contributed by atoms with Crippen LogP contribution >= 0.6 is 11.8 Å². The average molecular weight is 412 g/mol. The lowest BCUT2D eigenvalue weighted by molar-refractivity contribution is 0.0697. The standard InChI is InChI=1S/C21H14F2N2O3S/c22-14-5-7-15(8-6-14)28-19-10-18-17(9-16(19)23)24-21(25-18)29-11-12-1-3-13(4-2-12)20(26)27/h1-10H,11H2,(H,24,25)(H,26,27). The summed E-state index contributed by atoms with van der Waals surface area (Å²) in [5.41, 5.74) is 2.23. The Kier molecular flexibility index (Phi) is 5.18. The summed E-state index contributed by atoms with van der Waals surface area (Å²) in [6.07, 6.45) is 0. The van der Waals surface area contributed by atoms with Crippen LogP contribution in [0, 0.1) is 11.6 Å². The quantitative estimate of drug-likeness (QED) is 0.402. The fraction of sp³-hybridized carbons (Fsp3) is 0.0476. The van der Waals surface area contributed by atoms with Crippen molar-refractivity contribution >= 4 is 28.8 Å². The summed E-state index contributed by atoms with van der Waals surface area (Å²) in [4.78, 5) is 18.4. The van der Waals surface area contributed by atoms with Gasteiger partial charge in [-0.25, -0.2) is 18.6 Å². The fourth-order valence-electron chi connectivity index (χ4n) is 2.66. The van der Waals surface area contributed by atoms with Gasteiger partial charge in [0.25, 0.3) is 0 Å². The number of carboxylic acids is 1. The van der Waals surface area contributed by atoms with Gasteiger partial charge in [-0.15, -0.1) is 0 Å². The highest BCUT2D eigenvalue weighted by Gasteiger charge is 2.12. The van der Waals surface area contributed by atoms with Gasteiger partial charge in [-0.05, 0) is 42.0 Å². The zero-order valence-corrected chi connectivity index (χ0v) is 15.7. The van der Waals surface area contributed by atoms with Gasteiger partial charge in [-0.1, -0.05) is 23.9 Å². The van der Waals surface area contributed by atoms with E-state index in [1.807, 2.05) is 0 Å². The first kappa shape index (κ1) is 18.9. The zero-order valence-electron chi connectivity index (χ0n) is 14.9. The molecule has 8 heteroatoms. The molecule has 146 valence electrons. The Labute approximate surface area is 168 Å². The molecule has 1 aromatic heterocycles. The Bertz CT molecular complexity index is 1180. The third kappa shape index (κ3) is 4.38. The van der Waals surface area contributed by atoms with Gasteiger partial charge in [-0.2, -0.15) is 0 Å². The number of fused-ring (bicyclic) bond motifs is 1. The van der Waals surface area contributed by atoms with E-state index in [1.165, 1.54) is 48.2 Å². The van der Waals surface area contributed by atoms with Crippen LogP contribution in [0.2, 0.25) is 0 Å². The molecule has 29 heavy (non-hydrogen) atoms. The monoisotopic (exact) mass is 412 g/mol. The summed E-state index contributed by atoms with van der Waals surface area (Å²) >= 11 is 1.41. The average Bonchev–Trinajstić information content (AvgIpc) is 3.10. The van der Waals surface area contributed by atoms with Crippen LogP contribution in [-0.4, -0.2) is 21.0 Å². The third-order valence-electron chi connectivity index (χ3n) is 4.13. The fourth-order valence-corrected chi connectivity index (χ4v) is 3.50. The maximum Gasteiger partial charge on any atom is 0.335 e. The predicted molar refractivity (Wildman–Crippen MR) is 105 cm³/mol. The second-order valence-electron chi connectivity index (χ2n) is 6.19. The highest BCUT2D eigenvalue weighted by atomic mass is 32.2. The van der Waals surface area contributed by atoms with Crippen LogP contribution in [0.5, 0.6) is 11.5 Å². The molecule has 4 aromatic rings. The van der Waals surface area contributed by atoms with Crippen LogP contribution in [0.1, 0.15) is 15.9 Å². The van der Waals surface area contributed by atoms with Crippen molar-refractivity contribution in [2.24, 2.45) is 0 Å². The number of ether oxygens (including phenoxy) is 1. The van der Waals surface area contributed by atoms with Crippen molar-refractivity contribution in [2.45, 2.75) is 10.9 Å². The number of aromatic amines is 1. The van der Waals surface area contributed by atoms with E-state index in [2.05, 4.69) is 9.97 Å². The number of thioether (sulfide) groups is 1. The molecule has 4 rings (SSSR count). The Morgan fingerprint density at radius 3 is 2.48 bits per heavy atom. The number of rotatable bonds is 6. The maximum atomic E-state index is 14.3. The largest absolute Gasteiger partial charge is 0.478 e. The summed E-state index contributed by atoms with van der Waals surface area (Å²) < 4.78 is 32.8. The molecular formula is C21H14F2N2O3S. The molecule has 0 spiro atoms. The molecule has 3 aromatic carbocycles. The Morgan fingerprint density at radius 2 is 1.79 bits per heavy atom. The zero-order chi connectivity index (χ0) is 20.4. The van der Waals surface area contributed by atoms with E-state index in [4.69, 9.17) is 9.84 Å². The minimum Gasteiger partial charge on any atom is -0.478 e. The molecule has 0 bridgehead atoms. The molecule has 2 N–H and O–H groups in total. The number of benzene rings is 3. The van der Waals surface area contributed by atoms with Crippen LogP contribution < -0.4 is 4.74 Å². The topological polar surface area (TPSA) is 75.2 Å². The number of nitrogens with one attached hydrogen (secondary N) is 1. The van der Waals surface area contributed by atoms with Gasteiger partial charge in [0.05, 0.1) is 16.6 Å². The first-order valence-electron chi connectivity index (χ1n) is 8.55. The van der Waals surface area contributed by atoms with Crippen LogP contribution in [0.3, 0.4) is 0 Å². The van der Waals surface area contributed by atoms with Crippen LogP contribution in [-0.2, 0) is 5.75 Å². The summed E-state index contributed by atoms with van der Waals surface area (Å²) in [6.45, 7) is 0. The number of aromatic carboxylic acids is 1. The summed E-state index contributed by atoms with van der Waals surface area (Å²) in [5, 5.41) is 9.53. The molecule has 0 amide bonds. The van der Waals surface area contributed by atoms with E-state index in [1.54, 1.807) is 24.3 Å². The molecule has 0 aliphatic carbocycles. The smallest absolute Gasteiger partial charge is 0.335 e. The lowest BCUT2D eigenvalue weighted by Crippen LogP contribution is -1.95. The molecular weight excluding hydrogens is 398 g/mol. The first-order valence-corrected chi connectivity index (χ1v) is 9.54. The number of H-pyrrole nitrogens is 1. The minimum atomic E-state index is -0.970. The van der Waals surface area contributed by atoms with Gasteiger partial charge in [0.1, 0.15) is 11.6 Å². The van der Waals surface area contributed by atoms with E-state index in [-0.39, 0.29) is 11.3 Å². The summed E-state index contributed by atoms with van der Waals surface area (Å²) in [7, 11) is 0. The van der Waals surface area contributed by atoms with Crippen molar-refractivity contribution in [1.29, 1.82) is 0 Å². The van der Waals surface area contributed by atoms with E-state index in [0.717, 1.165) is 5.56 Å². The van der Waals surface area contributed by atoms with Crippen molar-refractivity contribution in [1.82, 2.24) is 9.97 Å². The lowest BCUT2D eigenvalue weighted by atomic mass is 10.1. The highest BCUT2D eigenvalue weighted by Crippen LogP contribution is 2.30. The van der Waals surface area contributed by atoms with Gasteiger partial charge >= 0.3 is 5.97 Å². The van der Waals surface area contributed by atoms with Crippen molar-refractivity contribution in [3.63, 3.8) is 0 Å². The lowest BCUT2D eigenvalue weighted by Gasteiger charge is -2.06. The van der Waals surface area contributed by atoms with Gasteiger partial charge in [-0.3, -0.25) is 0 Å². The van der Waals surface area contributed by atoms with Gasteiger partial charge in [0.2, 0.25) is 0 Å². The number of nitrogens with zero attached hydrogens (tertiary/aromatic N) is 1. The molecule has 0 aliphatic rings. The summed E-state index contributed by atoms with van der Waals surface area (Å²) in [5.74, 6) is -1.05. The molecule has 1 heterocycles. The van der Waals surface area contributed by atoms with Crippen LogP contribution in [0.4, 0.5) is 8.78 Å². The number of hydrogen-bond acceptors (Lipinski definition) is 4. The Hall–Kier alpha value is -3.39. The number of halogens is 2. The number of hydrogen-bond donors (Lipinski definition) is 2. The van der Waals surface area contributed by atoms with E-state index >= 15 is 0 Å². The number of imidazole rings is 1. The predicted octanol–water partition coefficient (Wildman–Crippen LogP) is 5.62. The second-order valence-corrected chi connectivity index (χ2v) is 7.15. The molecule has 0 saturated carbocycles. The second kappa shape index (κ2) is 7.92. The van der Waals surface area contributed by atoms with Gasteiger partial charge in [0, 0.05) is 17.9 Å². The molecule has 0 unspecified atom stereocenters. The van der Waals surface area contributed by atoms with E-state index in [9.17, 15) is 13.6 Å². The molecule has 0 fully saturated rings. The van der Waals surface area contributed by atoms with Crippen molar-refractivity contribution in [3.05, 3.63) is 83.4 Å².